The molecule has 4 nitrogen and oxygen atoms in total. The summed E-state index contributed by atoms with van der Waals surface area (Å²) in [5.41, 5.74) is 6.62. The van der Waals surface area contributed by atoms with Crippen molar-refractivity contribution in [1.82, 2.24) is 0 Å². The van der Waals surface area contributed by atoms with Gasteiger partial charge in [-0.25, -0.2) is 0 Å². The van der Waals surface area contributed by atoms with Crippen LogP contribution in [-0.2, 0) is 13.6 Å². The van der Waals surface area contributed by atoms with E-state index in [9.17, 15) is 4.57 Å². The molecule has 2 N–H and O–H groups in total. The Morgan fingerprint density at radius 3 is 2.44 bits per heavy atom. The molecule has 0 aliphatic rings. The molecule has 0 saturated carbocycles. The zero-order chi connectivity index (χ0) is 13.8. The summed E-state index contributed by atoms with van der Waals surface area (Å²) >= 11 is 9.27. The van der Waals surface area contributed by atoms with Gasteiger partial charge in [0, 0.05) is 9.50 Å². The van der Waals surface area contributed by atoms with Gasteiger partial charge >= 0.3 is 7.60 Å². The fraction of sp³-hybridized carbons (Fsp3) is 0.455. The van der Waals surface area contributed by atoms with E-state index in [1.165, 1.54) is 0 Å². The summed E-state index contributed by atoms with van der Waals surface area (Å²) in [4.78, 5) is 0. The van der Waals surface area contributed by atoms with Crippen LogP contribution in [-0.4, -0.2) is 13.2 Å². The van der Waals surface area contributed by atoms with Gasteiger partial charge in [0.15, 0.2) is 0 Å². The van der Waals surface area contributed by atoms with E-state index < -0.39 is 13.4 Å². The minimum Gasteiger partial charge on any atom is -0.314 e. The molecule has 1 aromatic carbocycles. The first kappa shape index (κ1) is 16.2. The van der Waals surface area contributed by atoms with Crippen LogP contribution >= 0.6 is 35.1 Å². The van der Waals surface area contributed by atoms with Crippen molar-refractivity contribution in [2.45, 2.75) is 19.6 Å². The van der Waals surface area contributed by atoms with Gasteiger partial charge in [-0.05, 0) is 37.6 Å². The van der Waals surface area contributed by atoms with Gasteiger partial charge in [-0.3, -0.25) is 4.57 Å². The second-order valence-corrected chi connectivity index (χ2v) is 6.93. The second-order valence-electron chi connectivity index (χ2n) is 3.49. The van der Waals surface area contributed by atoms with E-state index in [4.69, 9.17) is 26.4 Å². The zero-order valence-corrected chi connectivity index (χ0v) is 13.5. The van der Waals surface area contributed by atoms with Crippen molar-refractivity contribution >= 4 is 35.1 Å². The maximum atomic E-state index is 12.5. The zero-order valence-electron chi connectivity index (χ0n) is 10.2. The smallest absolute Gasteiger partial charge is 0.314 e. The largest absolute Gasteiger partial charge is 0.351 e. The van der Waals surface area contributed by atoms with E-state index in [0.717, 1.165) is 4.47 Å². The van der Waals surface area contributed by atoms with Crippen molar-refractivity contribution in [2.75, 3.05) is 13.2 Å². The highest BCUT2D eigenvalue weighted by molar-refractivity contribution is 9.10. The van der Waals surface area contributed by atoms with E-state index in [1.807, 2.05) is 0 Å². The van der Waals surface area contributed by atoms with Crippen LogP contribution < -0.4 is 5.73 Å². The molecule has 1 aromatic rings. The third-order valence-corrected chi connectivity index (χ3v) is 5.39. The van der Waals surface area contributed by atoms with E-state index in [2.05, 4.69) is 15.9 Å². The Balaban J connectivity index is 3.13. The fourth-order valence-corrected chi connectivity index (χ4v) is 3.99. The van der Waals surface area contributed by atoms with Gasteiger partial charge in [0.1, 0.15) is 5.78 Å². The van der Waals surface area contributed by atoms with Crippen LogP contribution in [0.25, 0.3) is 0 Å². The topological polar surface area (TPSA) is 61.5 Å². The van der Waals surface area contributed by atoms with Gasteiger partial charge in [0.25, 0.3) is 0 Å². The summed E-state index contributed by atoms with van der Waals surface area (Å²) in [5.74, 6) is -0.870. The molecule has 0 aliphatic carbocycles. The van der Waals surface area contributed by atoms with Crippen LogP contribution in [0.4, 0.5) is 0 Å². The van der Waals surface area contributed by atoms with E-state index in [0.29, 0.717) is 10.6 Å². The van der Waals surface area contributed by atoms with Crippen LogP contribution in [0.1, 0.15) is 25.2 Å². The molecule has 0 saturated heterocycles. The highest BCUT2D eigenvalue weighted by Gasteiger charge is 2.35. The molecule has 0 heterocycles. The average Bonchev–Trinajstić information content (AvgIpc) is 2.32. The lowest BCUT2D eigenvalue weighted by molar-refractivity contribution is 0.212. The van der Waals surface area contributed by atoms with Crippen molar-refractivity contribution in [3.8, 4) is 0 Å². The predicted molar refractivity (Wildman–Crippen MR) is 76.9 cm³/mol. The maximum Gasteiger partial charge on any atom is 0.351 e. The number of hydrogen-bond acceptors (Lipinski definition) is 4. The first-order chi connectivity index (χ1) is 8.44. The van der Waals surface area contributed by atoms with Crippen molar-refractivity contribution in [3.63, 3.8) is 0 Å². The highest BCUT2D eigenvalue weighted by Crippen LogP contribution is 2.59. The van der Waals surface area contributed by atoms with Crippen molar-refractivity contribution in [3.05, 3.63) is 33.3 Å². The molecule has 0 aromatic heterocycles. The standard InChI is InChI=1S/C11H16BrClNO3P/c1-3-16-18(15,17-4-2)11(14)9-7-8(13)5-6-10(9)12/h5-7,11H,3-4,14H2,1-2H3/t11-/m0/s1. The summed E-state index contributed by atoms with van der Waals surface area (Å²) in [6, 6.07) is 5.12. The maximum absolute atomic E-state index is 12.5. The fourth-order valence-electron chi connectivity index (χ4n) is 1.47. The molecule has 18 heavy (non-hydrogen) atoms. The van der Waals surface area contributed by atoms with Gasteiger partial charge in [0.05, 0.1) is 13.2 Å². The van der Waals surface area contributed by atoms with Gasteiger partial charge in [0.2, 0.25) is 0 Å². The van der Waals surface area contributed by atoms with Gasteiger partial charge in [-0.15, -0.1) is 0 Å². The van der Waals surface area contributed by atoms with E-state index in [1.54, 1.807) is 32.0 Å². The molecular formula is C11H16BrClNO3P. The van der Waals surface area contributed by atoms with E-state index >= 15 is 0 Å². The van der Waals surface area contributed by atoms with Gasteiger partial charge in [-0.1, -0.05) is 27.5 Å². The van der Waals surface area contributed by atoms with Crippen LogP contribution in [0.2, 0.25) is 5.02 Å². The Hall–Kier alpha value is 0.1000. The first-order valence-corrected chi connectivity index (χ1v) is 8.32. The van der Waals surface area contributed by atoms with Crippen LogP contribution in [0.15, 0.2) is 22.7 Å². The summed E-state index contributed by atoms with van der Waals surface area (Å²) in [7, 11) is -3.39. The number of hydrogen-bond donors (Lipinski definition) is 1. The molecule has 0 spiro atoms. The Morgan fingerprint density at radius 2 is 1.94 bits per heavy atom. The lowest BCUT2D eigenvalue weighted by atomic mass is 10.2. The predicted octanol–water partition coefficient (Wildman–Crippen LogP) is 4.33. The first-order valence-electron chi connectivity index (χ1n) is 5.54. The Bertz CT molecular complexity index is 448. The Kier molecular flexibility index (Phi) is 6.31. The minimum absolute atomic E-state index is 0.267. The molecule has 0 fully saturated rings. The minimum atomic E-state index is -3.39. The lowest BCUT2D eigenvalue weighted by Crippen LogP contribution is -2.15. The third-order valence-electron chi connectivity index (χ3n) is 2.24. The summed E-state index contributed by atoms with van der Waals surface area (Å²) in [5, 5.41) is 0.517. The molecule has 1 atom stereocenters. The third kappa shape index (κ3) is 3.80. The highest BCUT2D eigenvalue weighted by atomic mass is 79.9. The average molecular weight is 357 g/mol. The molecular weight excluding hydrogens is 340 g/mol. The molecule has 0 aliphatic heterocycles. The number of halogens is 2. The normalized spacial score (nSPS) is 13.6. The summed E-state index contributed by atoms with van der Waals surface area (Å²) < 4.78 is 23.7. The van der Waals surface area contributed by atoms with Crippen molar-refractivity contribution in [2.24, 2.45) is 5.73 Å². The van der Waals surface area contributed by atoms with Gasteiger partial charge < -0.3 is 14.8 Å². The monoisotopic (exact) mass is 355 g/mol. The number of nitrogens with two attached hydrogens (primary N) is 1. The van der Waals surface area contributed by atoms with Crippen molar-refractivity contribution < 1.29 is 13.6 Å². The molecule has 7 heteroatoms. The number of rotatable bonds is 6. The summed E-state index contributed by atoms with van der Waals surface area (Å²) in [6.45, 7) is 4.02. The summed E-state index contributed by atoms with van der Waals surface area (Å²) in [6.07, 6.45) is 0. The van der Waals surface area contributed by atoms with Crippen LogP contribution in [0.3, 0.4) is 0 Å². The van der Waals surface area contributed by atoms with Crippen LogP contribution in [0.5, 0.6) is 0 Å². The molecule has 102 valence electrons. The molecule has 0 radical (unpaired) electrons. The molecule has 0 unspecified atom stereocenters. The Morgan fingerprint density at radius 1 is 1.39 bits per heavy atom. The SMILES string of the molecule is CCOP(=O)(OCC)[C@H](N)c1cc(Cl)ccc1Br. The lowest BCUT2D eigenvalue weighted by Gasteiger charge is -2.24. The van der Waals surface area contributed by atoms with Crippen LogP contribution in [0, 0.1) is 0 Å². The molecule has 1 rings (SSSR count). The Labute approximate surface area is 120 Å². The number of benzene rings is 1. The second kappa shape index (κ2) is 7.04. The molecule has 0 bridgehead atoms. The van der Waals surface area contributed by atoms with Gasteiger partial charge in [-0.2, -0.15) is 0 Å². The van der Waals surface area contributed by atoms with E-state index in [-0.39, 0.29) is 13.2 Å². The quantitative estimate of drug-likeness (QED) is 0.771. The molecule has 0 amide bonds. The van der Waals surface area contributed by atoms with Crippen molar-refractivity contribution in [1.29, 1.82) is 0 Å².